The van der Waals surface area contributed by atoms with Gasteiger partial charge in [-0.25, -0.2) is 15.0 Å². The van der Waals surface area contributed by atoms with Crippen molar-refractivity contribution in [3.8, 4) is 0 Å². The van der Waals surface area contributed by atoms with Crippen LogP contribution in [-0.2, 0) is 11.9 Å². The first-order chi connectivity index (χ1) is 14.2. The fourth-order valence-electron chi connectivity index (χ4n) is 2.91. The summed E-state index contributed by atoms with van der Waals surface area (Å²) in [7, 11) is 0. The van der Waals surface area contributed by atoms with Crippen LogP contribution in [0.3, 0.4) is 0 Å². The number of thiazole rings is 1. The van der Waals surface area contributed by atoms with Gasteiger partial charge in [0.05, 0.1) is 18.2 Å². The maximum Gasteiger partial charge on any atom is 0.416 e. The average molecular weight is 458 g/mol. The minimum atomic E-state index is -4.39. The summed E-state index contributed by atoms with van der Waals surface area (Å²) in [6, 6.07) is 4.98. The Morgan fingerprint density at radius 1 is 1.23 bits per heavy atom. The lowest BCUT2D eigenvalue weighted by molar-refractivity contribution is -0.137. The molecule has 0 saturated heterocycles. The first-order valence-electron chi connectivity index (χ1n) is 9.26. The smallest absolute Gasteiger partial charge is 0.394 e. The van der Waals surface area contributed by atoms with Crippen molar-refractivity contribution in [2.75, 3.05) is 17.7 Å². The van der Waals surface area contributed by atoms with Crippen molar-refractivity contribution in [1.82, 2.24) is 15.0 Å². The number of thioether (sulfide) groups is 1. The molecule has 0 amide bonds. The summed E-state index contributed by atoms with van der Waals surface area (Å²) < 4.78 is 39.5. The summed E-state index contributed by atoms with van der Waals surface area (Å²) in [6.07, 6.45) is -3.65. The molecule has 11 heteroatoms. The normalized spacial score (nSPS) is 13.2. The standard InChI is InChI=1S/C19H22F3N5OS2/c1-10(2)6-13(8-28)24-15-14-16(25-17(23)30-14)27-18(26-15)29-9-11-4-3-5-12(7-11)19(20,21)22/h3-5,7,10,13,28H,6,8-9H2,1-2H3,(H3,23,24,25,26,27)/t13-/m1/s1. The molecular weight excluding hydrogens is 435 g/mol. The van der Waals surface area contributed by atoms with E-state index in [1.54, 1.807) is 6.07 Å². The zero-order valence-corrected chi connectivity index (χ0v) is 18.0. The second kappa shape index (κ2) is 9.36. The molecule has 30 heavy (non-hydrogen) atoms. The van der Waals surface area contributed by atoms with Crippen molar-refractivity contribution in [3.63, 3.8) is 0 Å². The number of rotatable bonds is 8. The lowest BCUT2D eigenvalue weighted by Crippen LogP contribution is -2.26. The Morgan fingerprint density at radius 3 is 2.67 bits per heavy atom. The Bertz CT molecular complexity index is 1010. The molecule has 6 nitrogen and oxygen atoms in total. The van der Waals surface area contributed by atoms with Gasteiger partial charge in [0.1, 0.15) is 4.70 Å². The Morgan fingerprint density at radius 2 is 2.00 bits per heavy atom. The summed E-state index contributed by atoms with van der Waals surface area (Å²) in [5.74, 6) is 1.15. The molecule has 0 aliphatic rings. The predicted octanol–water partition coefficient (Wildman–Crippen LogP) is 4.80. The third kappa shape index (κ3) is 5.73. The molecule has 3 rings (SSSR count). The molecule has 0 unspecified atom stereocenters. The first kappa shape index (κ1) is 22.6. The topological polar surface area (TPSA) is 97.0 Å². The van der Waals surface area contributed by atoms with Crippen LogP contribution < -0.4 is 11.1 Å². The Hall–Kier alpha value is -2.11. The van der Waals surface area contributed by atoms with Gasteiger partial charge in [-0.3, -0.25) is 0 Å². The van der Waals surface area contributed by atoms with E-state index in [0.717, 1.165) is 18.6 Å². The quantitative estimate of drug-likeness (QED) is 0.330. The number of nitrogens with one attached hydrogen (secondary N) is 1. The molecule has 2 aromatic heterocycles. The highest BCUT2D eigenvalue weighted by atomic mass is 32.2. The fourth-order valence-corrected chi connectivity index (χ4v) is 4.42. The van der Waals surface area contributed by atoms with Gasteiger partial charge >= 0.3 is 6.18 Å². The van der Waals surface area contributed by atoms with Crippen LogP contribution in [0.2, 0.25) is 0 Å². The van der Waals surface area contributed by atoms with Crippen LogP contribution >= 0.6 is 23.1 Å². The number of aliphatic hydroxyl groups is 1. The van der Waals surface area contributed by atoms with Gasteiger partial charge in [0.25, 0.3) is 0 Å². The highest BCUT2D eigenvalue weighted by Crippen LogP contribution is 2.33. The van der Waals surface area contributed by atoms with Gasteiger partial charge in [0, 0.05) is 5.75 Å². The Labute approximate surface area is 180 Å². The molecule has 0 aliphatic heterocycles. The van der Waals surface area contributed by atoms with Crippen LogP contribution in [0.15, 0.2) is 29.4 Å². The molecule has 0 spiro atoms. The molecule has 2 heterocycles. The zero-order valence-electron chi connectivity index (χ0n) is 16.4. The molecule has 1 atom stereocenters. The van der Waals surface area contributed by atoms with Gasteiger partial charge < -0.3 is 16.2 Å². The van der Waals surface area contributed by atoms with E-state index in [1.807, 2.05) is 0 Å². The Kier molecular flexibility index (Phi) is 7.04. The molecule has 0 aliphatic carbocycles. The van der Waals surface area contributed by atoms with Crippen molar-refractivity contribution in [2.24, 2.45) is 5.92 Å². The molecule has 3 aromatic rings. The molecule has 0 fully saturated rings. The third-order valence-corrected chi connectivity index (χ3v) is 5.99. The number of aliphatic hydroxyl groups excluding tert-OH is 1. The van der Waals surface area contributed by atoms with Crippen LogP contribution in [0.5, 0.6) is 0 Å². The summed E-state index contributed by atoms with van der Waals surface area (Å²) in [5.41, 5.74) is 6.07. The monoisotopic (exact) mass is 457 g/mol. The molecule has 0 radical (unpaired) electrons. The second-order valence-corrected chi connectivity index (χ2v) is 9.17. The molecule has 162 valence electrons. The predicted molar refractivity (Wildman–Crippen MR) is 115 cm³/mol. The van der Waals surface area contributed by atoms with Crippen molar-refractivity contribution in [3.05, 3.63) is 35.4 Å². The molecule has 1 aromatic carbocycles. The summed E-state index contributed by atoms with van der Waals surface area (Å²) in [5, 5.41) is 13.6. The molecule has 0 bridgehead atoms. The highest BCUT2D eigenvalue weighted by molar-refractivity contribution is 7.98. The van der Waals surface area contributed by atoms with Crippen LogP contribution in [-0.4, -0.2) is 32.7 Å². The number of halogens is 3. The van der Waals surface area contributed by atoms with Crippen molar-refractivity contribution in [2.45, 2.75) is 43.4 Å². The minimum Gasteiger partial charge on any atom is -0.394 e. The number of fused-ring (bicyclic) bond motifs is 1. The number of alkyl halides is 3. The first-order valence-corrected chi connectivity index (χ1v) is 11.1. The van der Waals surface area contributed by atoms with Gasteiger partial charge in [-0.15, -0.1) is 0 Å². The van der Waals surface area contributed by atoms with Gasteiger partial charge in [-0.05, 0) is 24.0 Å². The van der Waals surface area contributed by atoms with Gasteiger partial charge in [0.15, 0.2) is 21.8 Å². The SMILES string of the molecule is CC(C)C[C@H](CO)Nc1nc(SCc2cccc(C(F)(F)F)c2)nc2nc(N)sc12. The number of nitrogen functional groups attached to an aromatic ring is 1. The number of anilines is 2. The molecular formula is C19H22F3N5OS2. The van der Waals surface area contributed by atoms with E-state index in [1.165, 1.54) is 29.2 Å². The highest BCUT2D eigenvalue weighted by Gasteiger charge is 2.30. The lowest BCUT2D eigenvalue weighted by Gasteiger charge is -2.19. The van der Waals surface area contributed by atoms with E-state index >= 15 is 0 Å². The number of benzene rings is 1. The van der Waals surface area contributed by atoms with Crippen LogP contribution in [0.25, 0.3) is 10.3 Å². The largest absolute Gasteiger partial charge is 0.416 e. The lowest BCUT2D eigenvalue weighted by atomic mass is 10.0. The summed E-state index contributed by atoms with van der Waals surface area (Å²) >= 11 is 2.45. The number of aromatic nitrogens is 3. The van der Waals surface area contributed by atoms with E-state index in [0.29, 0.717) is 37.9 Å². The summed E-state index contributed by atoms with van der Waals surface area (Å²) in [6.45, 7) is 4.05. The van der Waals surface area contributed by atoms with E-state index in [-0.39, 0.29) is 18.4 Å². The van der Waals surface area contributed by atoms with E-state index < -0.39 is 11.7 Å². The van der Waals surface area contributed by atoms with Gasteiger partial charge in [-0.1, -0.05) is 55.1 Å². The van der Waals surface area contributed by atoms with Crippen molar-refractivity contribution >= 4 is 44.4 Å². The van der Waals surface area contributed by atoms with Crippen molar-refractivity contribution in [1.29, 1.82) is 0 Å². The third-order valence-electron chi connectivity index (χ3n) is 4.19. The average Bonchev–Trinajstić information content (AvgIpc) is 3.05. The number of hydrogen-bond acceptors (Lipinski definition) is 8. The maximum absolute atomic E-state index is 12.9. The maximum atomic E-state index is 12.9. The number of nitrogens with two attached hydrogens (primary N) is 1. The van der Waals surface area contributed by atoms with Crippen molar-refractivity contribution < 1.29 is 18.3 Å². The fraction of sp³-hybridized carbons (Fsp3) is 0.421. The van der Waals surface area contributed by atoms with E-state index in [9.17, 15) is 18.3 Å². The summed E-state index contributed by atoms with van der Waals surface area (Å²) in [4.78, 5) is 13.1. The van der Waals surface area contributed by atoms with Crippen LogP contribution in [0.4, 0.5) is 24.1 Å². The van der Waals surface area contributed by atoms with E-state index in [4.69, 9.17) is 5.73 Å². The molecule has 4 N–H and O–H groups in total. The zero-order chi connectivity index (χ0) is 21.9. The Balaban J connectivity index is 1.84. The van der Waals surface area contributed by atoms with Gasteiger partial charge in [0.2, 0.25) is 0 Å². The number of hydrogen-bond donors (Lipinski definition) is 3. The second-order valence-electron chi connectivity index (χ2n) is 7.20. The minimum absolute atomic E-state index is 0.0648. The van der Waals surface area contributed by atoms with Crippen LogP contribution in [0.1, 0.15) is 31.4 Å². The molecule has 0 saturated carbocycles. The van der Waals surface area contributed by atoms with Gasteiger partial charge in [-0.2, -0.15) is 13.2 Å². The van der Waals surface area contributed by atoms with E-state index in [2.05, 4.69) is 34.1 Å². The van der Waals surface area contributed by atoms with Crippen LogP contribution in [0, 0.1) is 5.92 Å². The number of nitrogens with zero attached hydrogens (tertiary/aromatic N) is 3.